The molecule has 0 saturated heterocycles. The Balaban J connectivity index is 2.07. The summed E-state index contributed by atoms with van der Waals surface area (Å²) < 4.78 is 17.3. The Morgan fingerprint density at radius 3 is 1.23 bits per heavy atom. The first-order valence-electron chi connectivity index (χ1n) is 24.2. The Bertz CT molecular complexity index is 1590. The number of unbranched alkanes of at least 4 members (excludes halogenated alkanes) is 18. The molecular weight excluding hydrogens is 784 g/mol. The molecule has 0 bridgehead atoms. The van der Waals surface area contributed by atoms with Gasteiger partial charge in [0.05, 0.1) is 0 Å². The Morgan fingerprint density at radius 1 is 0.508 bits per heavy atom. The first-order valence-corrected chi connectivity index (χ1v) is 26.3. The fourth-order valence-corrected chi connectivity index (χ4v) is 10.3. The maximum atomic E-state index is 12.7. The number of esters is 2. The van der Waals surface area contributed by atoms with Crippen molar-refractivity contribution in [3.63, 3.8) is 0 Å². The maximum absolute atomic E-state index is 12.7. The van der Waals surface area contributed by atoms with Gasteiger partial charge in [0.1, 0.15) is 0 Å². The molecule has 0 fully saturated rings. The number of carbonyl (C=O) groups is 2. The molecular formula is C52H89O8P. The predicted octanol–water partition coefficient (Wildman–Crippen LogP) is 13.6. The van der Waals surface area contributed by atoms with Crippen molar-refractivity contribution in [1.82, 2.24) is 0 Å². The van der Waals surface area contributed by atoms with Gasteiger partial charge in [-0.1, -0.05) is 110 Å². The van der Waals surface area contributed by atoms with Crippen LogP contribution in [0.3, 0.4) is 0 Å². The molecule has 2 rings (SSSR count). The van der Waals surface area contributed by atoms with Crippen LogP contribution in [0.25, 0.3) is 0 Å². The van der Waals surface area contributed by atoms with Crippen LogP contribution < -0.4 is 9.83 Å². The Hall–Kier alpha value is -2.51. The summed E-state index contributed by atoms with van der Waals surface area (Å²) in [6.45, 7) is 20.8. The fourth-order valence-electron chi connectivity index (χ4n) is 8.16. The zero-order chi connectivity index (χ0) is 45.6. The van der Waals surface area contributed by atoms with Gasteiger partial charge < -0.3 is 0 Å². The van der Waals surface area contributed by atoms with E-state index in [9.17, 15) is 24.3 Å². The molecule has 0 aliphatic rings. The molecule has 0 aromatic heterocycles. The van der Waals surface area contributed by atoms with E-state index >= 15 is 0 Å². The van der Waals surface area contributed by atoms with Crippen LogP contribution in [-0.4, -0.2) is 39.8 Å². The minimum absolute atomic E-state index is 0.0284. The van der Waals surface area contributed by atoms with E-state index < -0.39 is 18.3 Å². The Kier molecular flexibility index (Phi) is 24.1. The molecule has 0 amide bonds. The van der Waals surface area contributed by atoms with Crippen LogP contribution >= 0.6 is 7.51 Å². The molecule has 0 aliphatic heterocycles. The van der Waals surface area contributed by atoms with Gasteiger partial charge in [0.25, 0.3) is 0 Å². The van der Waals surface area contributed by atoms with Crippen molar-refractivity contribution < 1.29 is 38.3 Å². The van der Waals surface area contributed by atoms with Crippen LogP contribution in [0.5, 0.6) is 5.75 Å². The Morgan fingerprint density at radius 2 is 0.852 bits per heavy atom. The normalized spacial score (nSPS) is 12.9. The number of aryl methyl sites for hydroxylation is 4. The van der Waals surface area contributed by atoms with Crippen LogP contribution in [0.1, 0.15) is 230 Å². The first-order chi connectivity index (χ1) is 28.7. The number of rotatable bonds is 31. The summed E-state index contributed by atoms with van der Waals surface area (Å²) in [6.07, 6.45) is 25.8. The van der Waals surface area contributed by atoms with Gasteiger partial charge in [0, 0.05) is 0 Å². The molecule has 0 aliphatic carbocycles. The number of carbonyl (C=O) groups excluding carboxylic acids is 2. The number of benzene rings is 2. The number of hydrogen-bond acceptors (Lipinski definition) is 8. The van der Waals surface area contributed by atoms with Crippen LogP contribution in [-0.2, 0) is 42.7 Å². The van der Waals surface area contributed by atoms with Crippen molar-refractivity contribution in [2.24, 2.45) is 0 Å². The van der Waals surface area contributed by atoms with Crippen molar-refractivity contribution in [2.75, 3.05) is 13.2 Å². The minimum atomic E-state index is -6.04. The third-order valence-electron chi connectivity index (χ3n) is 11.7. The molecule has 0 unspecified atom stereocenters. The van der Waals surface area contributed by atoms with Gasteiger partial charge in [0.15, 0.2) is 0 Å². The van der Waals surface area contributed by atoms with E-state index in [-0.39, 0.29) is 35.8 Å². The first kappa shape index (κ1) is 54.6. The van der Waals surface area contributed by atoms with Gasteiger partial charge in [-0.3, -0.25) is 0 Å². The molecule has 0 heterocycles. The van der Waals surface area contributed by atoms with Gasteiger partial charge in [-0.25, -0.2) is 0 Å². The zero-order valence-corrected chi connectivity index (χ0v) is 41.4. The van der Waals surface area contributed by atoms with Gasteiger partial charge in [-0.2, -0.15) is 0 Å². The van der Waals surface area contributed by atoms with E-state index in [1.807, 2.05) is 66.7 Å². The summed E-state index contributed by atoms with van der Waals surface area (Å²) in [5, 5.41) is -0.0284. The summed E-state index contributed by atoms with van der Waals surface area (Å²) in [5.74, 6) is -0.273. The molecule has 2 aromatic rings. The van der Waals surface area contributed by atoms with Crippen LogP contribution in [0.4, 0.5) is 0 Å². The average molecular weight is 873 g/mol. The predicted molar refractivity (Wildman–Crippen MR) is 256 cm³/mol. The molecule has 9 heteroatoms. The quantitative estimate of drug-likeness (QED) is 0.0389. The van der Waals surface area contributed by atoms with E-state index in [4.69, 9.17) is 14.0 Å². The van der Waals surface area contributed by atoms with Gasteiger partial charge in [-0.05, 0) is 0 Å². The molecule has 8 nitrogen and oxygen atoms in total. The number of ether oxygens (including phenoxy) is 2. The second-order valence-corrected chi connectivity index (χ2v) is 22.3. The van der Waals surface area contributed by atoms with Crippen molar-refractivity contribution in [3.8, 4) is 5.75 Å². The van der Waals surface area contributed by atoms with Crippen molar-refractivity contribution in [2.45, 2.75) is 234 Å². The molecule has 0 atom stereocenters. The molecule has 0 radical (unpaired) electrons. The van der Waals surface area contributed by atoms with E-state index in [0.29, 0.717) is 48.3 Å². The Labute approximate surface area is 372 Å². The van der Waals surface area contributed by atoms with Crippen molar-refractivity contribution >= 4 is 24.8 Å². The van der Waals surface area contributed by atoms with E-state index in [1.165, 1.54) is 103 Å². The second-order valence-electron chi connectivity index (χ2n) is 19.9. The molecule has 3 N–H and O–H groups in total. The SMILES string of the molecule is CCCCCCCCCCCCOC(=O)CCc1cc(C)c(OP(O)(O)(O)c2c(C)cc(CCC(=O)OCCCCCCCCCCCC)cc2C(C)(C)C)c(C(C)(C)C)c1. The van der Waals surface area contributed by atoms with Crippen molar-refractivity contribution in [1.29, 1.82) is 0 Å². The molecule has 2 aromatic carbocycles. The van der Waals surface area contributed by atoms with Crippen LogP contribution in [0, 0.1) is 13.8 Å². The van der Waals surface area contributed by atoms with Gasteiger partial charge in [-0.15, -0.1) is 0 Å². The van der Waals surface area contributed by atoms with E-state index in [0.717, 1.165) is 36.8 Å². The summed E-state index contributed by atoms with van der Waals surface area (Å²) in [4.78, 5) is 61.5. The van der Waals surface area contributed by atoms with Crippen LogP contribution in [0.2, 0.25) is 0 Å². The van der Waals surface area contributed by atoms with Gasteiger partial charge >= 0.3 is 264 Å². The third-order valence-corrected chi connectivity index (χ3v) is 13.6. The summed E-state index contributed by atoms with van der Waals surface area (Å²) in [5.41, 5.74) is 2.94. The van der Waals surface area contributed by atoms with Gasteiger partial charge in [0.2, 0.25) is 0 Å². The van der Waals surface area contributed by atoms with Crippen molar-refractivity contribution in [3.05, 3.63) is 57.6 Å². The standard InChI is InChI=1S/C52H89O8P/c1-11-13-15-17-19-21-23-25-27-29-35-58-47(53)33-31-43-37-41(3)49(45(39-43)51(5,6)7)60-61(55,56,57)50-42(4)38-44(40-46(50)52(8,9)10)32-34-48(54)59-36-30-28-26-24-22-20-18-16-14-12-2/h37-40,55-57H,11-36H2,1-10H3. The molecule has 0 saturated carbocycles. The van der Waals surface area contributed by atoms with E-state index in [1.54, 1.807) is 13.0 Å². The topological polar surface area (TPSA) is 123 Å². The van der Waals surface area contributed by atoms with Crippen LogP contribution in [0.15, 0.2) is 24.3 Å². The molecule has 61 heavy (non-hydrogen) atoms. The summed E-state index contributed by atoms with van der Waals surface area (Å²) in [6, 6.07) is 7.45. The third kappa shape index (κ3) is 21.1. The monoisotopic (exact) mass is 873 g/mol. The number of hydrogen-bond donors (Lipinski definition) is 3. The second kappa shape index (κ2) is 27.0. The molecule has 0 spiro atoms. The zero-order valence-electron chi connectivity index (χ0n) is 40.5. The molecule has 350 valence electrons. The summed E-state index contributed by atoms with van der Waals surface area (Å²) >= 11 is 0. The fraction of sp³-hybridized carbons (Fsp3) is 0.731. The van der Waals surface area contributed by atoms with E-state index in [2.05, 4.69) is 13.8 Å². The summed E-state index contributed by atoms with van der Waals surface area (Å²) in [7, 11) is -6.04. The average Bonchev–Trinajstić information content (AvgIpc) is 3.16.